The molecule has 1 aliphatic rings. The van der Waals surface area contributed by atoms with Gasteiger partial charge in [-0.05, 0) is 75.8 Å². The van der Waals surface area contributed by atoms with E-state index in [-0.39, 0.29) is 29.7 Å². The molecule has 4 unspecified atom stereocenters. The Balaban J connectivity index is 2.09. The molecule has 3 amide bonds. The van der Waals surface area contributed by atoms with E-state index in [4.69, 9.17) is 33.1 Å². The fourth-order valence-electron chi connectivity index (χ4n) is 5.00. The van der Waals surface area contributed by atoms with Crippen LogP contribution in [0.15, 0.2) is 30.3 Å². The molecule has 1 fully saturated rings. The van der Waals surface area contributed by atoms with Gasteiger partial charge in [-0.3, -0.25) is 19.8 Å². The van der Waals surface area contributed by atoms with Gasteiger partial charge in [0.15, 0.2) is 5.96 Å². The van der Waals surface area contributed by atoms with Crippen molar-refractivity contribution in [3.8, 4) is 0 Å². The first-order valence-electron chi connectivity index (χ1n) is 15.0. The topological polar surface area (TPSA) is 236 Å². The van der Waals surface area contributed by atoms with Gasteiger partial charge in [0.1, 0.15) is 6.04 Å². The minimum atomic E-state index is -0.785. The summed E-state index contributed by atoms with van der Waals surface area (Å²) in [6, 6.07) is 7.10. The first-order valence-corrected chi connectivity index (χ1v) is 15.0. The standard InChI is InChI=1S/C29H51N9O4/c30-13-5-4-10-24(26(32)39)38-28(41)25(18-21-11-15-42-16-12-21)36-19-22(9-6-14-35-29(33)34)37-27(40)23(31)17-20-7-2-1-3-8-20/h1-3,7-8,21-25,36H,4-6,9-19,30-31H2,(H2,32,39)(H,37,40)(H,38,41)(H4,33,34,35). The molecule has 0 spiro atoms. The number of carbonyl (C=O) groups excluding carboxylic acids is 3. The summed E-state index contributed by atoms with van der Waals surface area (Å²) in [5, 5.41) is 19.4. The van der Waals surface area contributed by atoms with Gasteiger partial charge < -0.3 is 48.9 Å². The molecule has 0 aromatic heterocycles. The Morgan fingerprint density at radius 1 is 0.952 bits per heavy atom. The fraction of sp³-hybridized carbons (Fsp3) is 0.655. The summed E-state index contributed by atoms with van der Waals surface area (Å²) >= 11 is 0. The molecule has 1 aliphatic heterocycles. The monoisotopic (exact) mass is 589 g/mol. The van der Waals surface area contributed by atoms with Crippen molar-refractivity contribution in [1.29, 1.82) is 5.41 Å². The van der Waals surface area contributed by atoms with E-state index in [1.807, 2.05) is 30.3 Å². The Morgan fingerprint density at radius 2 is 1.67 bits per heavy atom. The van der Waals surface area contributed by atoms with Crippen LogP contribution in [0.4, 0.5) is 0 Å². The van der Waals surface area contributed by atoms with Crippen LogP contribution < -0.4 is 44.2 Å². The van der Waals surface area contributed by atoms with Crippen LogP contribution in [0.25, 0.3) is 0 Å². The fourth-order valence-corrected chi connectivity index (χ4v) is 5.00. The van der Waals surface area contributed by atoms with E-state index in [0.29, 0.717) is 71.4 Å². The third-order valence-corrected chi connectivity index (χ3v) is 7.47. The quantitative estimate of drug-likeness (QED) is 0.0524. The van der Waals surface area contributed by atoms with Crippen molar-refractivity contribution in [2.24, 2.45) is 28.9 Å². The van der Waals surface area contributed by atoms with Gasteiger partial charge >= 0.3 is 0 Å². The van der Waals surface area contributed by atoms with Crippen molar-refractivity contribution < 1.29 is 19.1 Å². The van der Waals surface area contributed by atoms with Crippen molar-refractivity contribution in [3.63, 3.8) is 0 Å². The normalized spacial score (nSPS) is 16.5. The van der Waals surface area contributed by atoms with Crippen molar-refractivity contribution in [2.75, 3.05) is 32.8 Å². The highest BCUT2D eigenvalue weighted by molar-refractivity contribution is 5.89. The van der Waals surface area contributed by atoms with Crippen LogP contribution in [0.1, 0.15) is 56.9 Å². The zero-order valence-electron chi connectivity index (χ0n) is 24.6. The lowest BCUT2D eigenvalue weighted by Gasteiger charge is -2.29. The minimum Gasteiger partial charge on any atom is -0.381 e. The number of rotatable bonds is 20. The maximum Gasteiger partial charge on any atom is 0.240 e. The third kappa shape index (κ3) is 14.1. The van der Waals surface area contributed by atoms with Crippen molar-refractivity contribution in [2.45, 2.75) is 82.0 Å². The van der Waals surface area contributed by atoms with Crippen molar-refractivity contribution >= 4 is 23.7 Å². The highest BCUT2D eigenvalue weighted by atomic mass is 16.5. The number of benzene rings is 1. The second-order valence-corrected chi connectivity index (χ2v) is 11.0. The number of unbranched alkanes of at least 4 members (excludes halogenated alkanes) is 1. The lowest BCUT2D eigenvalue weighted by molar-refractivity contribution is -0.129. The number of nitrogens with one attached hydrogen (secondary N) is 5. The second kappa shape index (κ2) is 19.8. The van der Waals surface area contributed by atoms with Gasteiger partial charge in [0.25, 0.3) is 0 Å². The summed E-state index contributed by atoms with van der Waals surface area (Å²) in [6.07, 6.45) is 5.65. The first-order chi connectivity index (χ1) is 20.2. The number of primary amides is 1. The zero-order chi connectivity index (χ0) is 30.7. The summed E-state index contributed by atoms with van der Waals surface area (Å²) in [7, 11) is 0. The Labute approximate surface area is 249 Å². The molecule has 42 heavy (non-hydrogen) atoms. The summed E-state index contributed by atoms with van der Waals surface area (Å²) in [5.74, 6) is -1.02. The number of ether oxygens (including phenoxy) is 1. The van der Waals surface area contributed by atoms with E-state index in [2.05, 4.69) is 21.3 Å². The Kier molecular flexibility index (Phi) is 16.5. The van der Waals surface area contributed by atoms with Crippen LogP contribution in [0, 0.1) is 11.3 Å². The van der Waals surface area contributed by atoms with Gasteiger partial charge in [0.05, 0.1) is 12.1 Å². The number of guanidine groups is 1. The number of nitrogens with two attached hydrogens (primary N) is 4. The van der Waals surface area contributed by atoms with Crippen LogP contribution in [0.2, 0.25) is 0 Å². The smallest absolute Gasteiger partial charge is 0.240 e. The van der Waals surface area contributed by atoms with E-state index in [1.54, 1.807) is 0 Å². The van der Waals surface area contributed by atoms with Crippen LogP contribution in [-0.4, -0.2) is 80.7 Å². The molecule has 13 nitrogen and oxygen atoms in total. The van der Waals surface area contributed by atoms with Crippen LogP contribution in [-0.2, 0) is 25.5 Å². The highest BCUT2D eigenvalue weighted by Gasteiger charge is 2.28. The predicted molar refractivity (Wildman–Crippen MR) is 163 cm³/mol. The maximum atomic E-state index is 13.5. The minimum absolute atomic E-state index is 0.123. The van der Waals surface area contributed by atoms with E-state index < -0.39 is 24.0 Å². The predicted octanol–water partition coefficient (Wildman–Crippen LogP) is -0.822. The molecule has 1 heterocycles. The number of amides is 3. The summed E-state index contributed by atoms with van der Waals surface area (Å²) in [6.45, 7) is 2.55. The zero-order valence-corrected chi connectivity index (χ0v) is 24.6. The third-order valence-electron chi connectivity index (χ3n) is 7.47. The molecule has 13 N–H and O–H groups in total. The Bertz CT molecular complexity index is 960. The van der Waals surface area contributed by atoms with E-state index >= 15 is 0 Å². The summed E-state index contributed by atoms with van der Waals surface area (Å²) in [4.78, 5) is 38.6. The van der Waals surface area contributed by atoms with E-state index in [1.165, 1.54) is 0 Å². The SMILES string of the molecule is N=C(N)NCCCC(CNC(CC1CCOCC1)C(=O)NC(CCCCN)C(N)=O)NC(=O)C(N)Cc1ccccc1. The summed E-state index contributed by atoms with van der Waals surface area (Å²) in [5.41, 5.74) is 23.8. The number of hydrogen-bond acceptors (Lipinski definition) is 8. The molecule has 1 aromatic rings. The van der Waals surface area contributed by atoms with Crippen LogP contribution in [0.5, 0.6) is 0 Å². The second-order valence-electron chi connectivity index (χ2n) is 11.0. The first kappa shape index (κ1) is 34.9. The van der Waals surface area contributed by atoms with Crippen molar-refractivity contribution in [3.05, 3.63) is 35.9 Å². The molecule has 2 rings (SSSR count). The molecule has 0 aliphatic carbocycles. The lowest BCUT2D eigenvalue weighted by Crippen LogP contribution is -2.55. The molecule has 0 radical (unpaired) electrons. The van der Waals surface area contributed by atoms with Gasteiger partial charge in [0, 0.05) is 32.3 Å². The maximum absolute atomic E-state index is 13.5. The molecule has 0 saturated carbocycles. The molecular weight excluding hydrogens is 538 g/mol. The van der Waals surface area contributed by atoms with Crippen LogP contribution >= 0.6 is 0 Å². The molecular formula is C29H51N9O4. The molecule has 1 saturated heterocycles. The van der Waals surface area contributed by atoms with Gasteiger partial charge in [-0.1, -0.05) is 30.3 Å². The van der Waals surface area contributed by atoms with E-state index in [0.717, 1.165) is 24.8 Å². The van der Waals surface area contributed by atoms with Gasteiger partial charge in [-0.2, -0.15) is 0 Å². The van der Waals surface area contributed by atoms with Gasteiger partial charge in [-0.25, -0.2) is 0 Å². The van der Waals surface area contributed by atoms with E-state index in [9.17, 15) is 14.4 Å². The Hall–Kier alpha value is -3.26. The van der Waals surface area contributed by atoms with Crippen LogP contribution in [0.3, 0.4) is 0 Å². The van der Waals surface area contributed by atoms with Gasteiger partial charge in [0.2, 0.25) is 17.7 Å². The van der Waals surface area contributed by atoms with Gasteiger partial charge in [-0.15, -0.1) is 0 Å². The molecule has 236 valence electrons. The largest absolute Gasteiger partial charge is 0.381 e. The van der Waals surface area contributed by atoms with Crippen molar-refractivity contribution in [1.82, 2.24) is 21.3 Å². The molecule has 4 atom stereocenters. The average Bonchev–Trinajstić information content (AvgIpc) is 2.97. The Morgan fingerprint density at radius 3 is 2.31 bits per heavy atom. The highest BCUT2D eigenvalue weighted by Crippen LogP contribution is 2.20. The average molecular weight is 590 g/mol. The molecule has 13 heteroatoms. The number of carbonyl (C=O) groups is 3. The lowest BCUT2D eigenvalue weighted by atomic mass is 9.91. The molecule has 1 aromatic carbocycles. The number of hydrogen-bond donors (Lipinski definition) is 9. The molecule has 0 bridgehead atoms. The summed E-state index contributed by atoms with van der Waals surface area (Å²) < 4.78 is 5.49.